The average molecular weight is 204 g/mol. The smallest absolute Gasteiger partial charge is 0.294 e. The van der Waals surface area contributed by atoms with Gasteiger partial charge in [0, 0.05) is 0 Å². The maximum absolute atomic E-state index is 10.7. The molecule has 74 valence electrons. The highest BCUT2D eigenvalue weighted by Gasteiger charge is 2.08. The molecule has 5 heteroatoms. The maximum atomic E-state index is 10.7. The van der Waals surface area contributed by atoms with Crippen molar-refractivity contribution in [3.63, 3.8) is 0 Å². The average Bonchev–Trinajstić information content (AvgIpc) is 2.03. The van der Waals surface area contributed by atoms with E-state index in [0.29, 0.717) is 0 Å². The summed E-state index contributed by atoms with van der Waals surface area (Å²) in [4.78, 5) is -0.0400. The SMILES string of the molecule is CCc1cccc(S(=O)(=O)O)c1.O. The highest BCUT2D eigenvalue weighted by Crippen LogP contribution is 2.10. The molecule has 1 aromatic rings. The van der Waals surface area contributed by atoms with Crippen LogP contribution in [0.2, 0.25) is 0 Å². The Kier molecular flexibility index (Phi) is 4.06. The van der Waals surface area contributed by atoms with Gasteiger partial charge >= 0.3 is 0 Å². The second-order valence-corrected chi connectivity index (χ2v) is 3.90. The molecule has 0 bridgehead atoms. The zero-order chi connectivity index (χ0) is 9.19. The van der Waals surface area contributed by atoms with Crippen molar-refractivity contribution >= 4 is 10.1 Å². The molecule has 0 saturated carbocycles. The van der Waals surface area contributed by atoms with Gasteiger partial charge in [-0.3, -0.25) is 4.55 Å². The molecule has 1 rings (SSSR count). The van der Waals surface area contributed by atoms with E-state index in [9.17, 15) is 8.42 Å². The molecule has 0 aliphatic carbocycles. The summed E-state index contributed by atoms with van der Waals surface area (Å²) in [5.41, 5.74) is 0.894. The number of rotatable bonds is 2. The minimum Gasteiger partial charge on any atom is -0.412 e. The van der Waals surface area contributed by atoms with E-state index in [-0.39, 0.29) is 10.4 Å². The van der Waals surface area contributed by atoms with Gasteiger partial charge in [0.15, 0.2) is 0 Å². The molecule has 0 fully saturated rings. The first-order valence-corrected chi connectivity index (χ1v) is 5.04. The van der Waals surface area contributed by atoms with Crippen molar-refractivity contribution in [3.05, 3.63) is 29.8 Å². The van der Waals surface area contributed by atoms with Crippen molar-refractivity contribution in [1.82, 2.24) is 0 Å². The lowest BCUT2D eigenvalue weighted by molar-refractivity contribution is 0.483. The molecule has 0 spiro atoms. The lowest BCUT2D eigenvalue weighted by Crippen LogP contribution is -1.98. The molecule has 0 aliphatic rings. The Bertz CT molecular complexity index is 369. The van der Waals surface area contributed by atoms with Gasteiger partial charge in [-0.1, -0.05) is 19.1 Å². The predicted octanol–water partition coefficient (Wildman–Crippen LogP) is 0.671. The Morgan fingerprint density at radius 2 is 2.00 bits per heavy atom. The third kappa shape index (κ3) is 3.14. The van der Waals surface area contributed by atoms with Crippen molar-refractivity contribution in [2.75, 3.05) is 0 Å². The largest absolute Gasteiger partial charge is 0.412 e. The van der Waals surface area contributed by atoms with E-state index in [0.717, 1.165) is 12.0 Å². The fraction of sp³-hybridized carbons (Fsp3) is 0.250. The molecular formula is C8H12O4S. The lowest BCUT2D eigenvalue weighted by Gasteiger charge is -1.98. The van der Waals surface area contributed by atoms with Crippen LogP contribution in [0.5, 0.6) is 0 Å². The Balaban J connectivity index is 0.00000144. The minimum atomic E-state index is -4.04. The minimum absolute atomic E-state index is 0. The normalized spacial score (nSPS) is 10.6. The van der Waals surface area contributed by atoms with Gasteiger partial charge in [0.05, 0.1) is 4.90 Å². The van der Waals surface area contributed by atoms with Crippen LogP contribution in [0.3, 0.4) is 0 Å². The molecule has 1 aromatic carbocycles. The number of hydrogen-bond acceptors (Lipinski definition) is 2. The highest BCUT2D eigenvalue weighted by molar-refractivity contribution is 7.85. The van der Waals surface area contributed by atoms with E-state index >= 15 is 0 Å². The number of benzene rings is 1. The zero-order valence-corrected chi connectivity index (χ0v) is 8.00. The number of hydrogen-bond donors (Lipinski definition) is 1. The number of aryl methyl sites for hydroxylation is 1. The fourth-order valence-corrected chi connectivity index (χ4v) is 1.48. The summed E-state index contributed by atoms with van der Waals surface area (Å²) in [5, 5.41) is 0. The fourth-order valence-electron chi connectivity index (χ4n) is 0.926. The molecule has 0 amide bonds. The van der Waals surface area contributed by atoms with Crippen LogP contribution in [0.1, 0.15) is 12.5 Å². The Labute approximate surface area is 77.3 Å². The topological polar surface area (TPSA) is 85.9 Å². The van der Waals surface area contributed by atoms with Crippen LogP contribution >= 0.6 is 0 Å². The van der Waals surface area contributed by atoms with E-state index in [1.165, 1.54) is 12.1 Å². The van der Waals surface area contributed by atoms with Crippen LogP contribution in [-0.4, -0.2) is 18.4 Å². The third-order valence-electron chi connectivity index (χ3n) is 1.60. The second-order valence-electron chi connectivity index (χ2n) is 2.48. The van der Waals surface area contributed by atoms with Gasteiger partial charge in [-0.05, 0) is 24.1 Å². The van der Waals surface area contributed by atoms with Crippen LogP contribution in [0, 0.1) is 0 Å². The van der Waals surface area contributed by atoms with E-state index in [4.69, 9.17) is 4.55 Å². The van der Waals surface area contributed by atoms with E-state index in [1.54, 1.807) is 6.07 Å². The first-order valence-electron chi connectivity index (χ1n) is 3.60. The van der Waals surface area contributed by atoms with Gasteiger partial charge in [0.2, 0.25) is 0 Å². The van der Waals surface area contributed by atoms with Gasteiger partial charge in [0.1, 0.15) is 0 Å². The van der Waals surface area contributed by atoms with Crippen molar-refractivity contribution in [1.29, 1.82) is 0 Å². The molecule has 0 unspecified atom stereocenters. The maximum Gasteiger partial charge on any atom is 0.294 e. The third-order valence-corrected chi connectivity index (χ3v) is 2.45. The van der Waals surface area contributed by atoms with Gasteiger partial charge in [-0.15, -0.1) is 0 Å². The molecule has 4 nitrogen and oxygen atoms in total. The molecule has 3 N–H and O–H groups in total. The van der Waals surface area contributed by atoms with Gasteiger partial charge < -0.3 is 5.48 Å². The second kappa shape index (κ2) is 4.36. The van der Waals surface area contributed by atoms with Gasteiger partial charge in [0.25, 0.3) is 10.1 Å². The van der Waals surface area contributed by atoms with E-state index in [2.05, 4.69) is 0 Å². The molecule has 0 atom stereocenters. The van der Waals surface area contributed by atoms with Crippen molar-refractivity contribution in [3.8, 4) is 0 Å². The summed E-state index contributed by atoms with van der Waals surface area (Å²) >= 11 is 0. The van der Waals surface area contributed by atoms with Crippen LogP contribution in [0.15, 0.2) is 29.2 Å². The summed E-state index contributed by atoms with van der Waals surface area (Å²) < 4.78 is 30.0. The molecule has 13 heavy (non-hydrogen) atoms. The molecule has 0 saturated heterocycles. The van der Waals surface area contributed by atoms with Crippen LogP contribution < -0.4 is 0 Å². The van der Waals surface area contributed by atoms with Gasteiger partial charge in [-0.2, -0.15) is 8.42 Å². The first kappa shape index (κ1) is 12.1. The standard InChI is InChI=1S/C8H10O3S.H2O/c1-2-7-4-3-5-8(6-7)12(9,10)11;/h3-6H,2H2,1H3,(H,9,10,11);1H2. The molecular weight excluding hydrogens is 192 g/mol. The van der Waals surface area contributed by atoms with Crippen molar-refractivity contribution < 1.29 is 18.4 Å². The zero-order valence-electron chi connectivity index (χ0n) is 7.19. The predicted molar refractivity (Wildman–Crippen MR) is 49.2 cm³/mol. The first-order chi connectivity index (χ1) is 5.54. The molecule has 0 aromatic heterocycles. The summed E-state index contributed by atoms with van der Waals surface area (Å²) in [5.74, 6) is 0. The quantitative estimate of drug-likeness (QED) is 0.718. The van der Waals surface area contributed by atoms with Gasteiger partial charge in [-0.25, -0.2) is 0 Å². The molecule has 0 heterocycles. The summed E-state index contributed by atoms with van der Waals surface area (Å²) in [7, 11) is -4.04. The van der Waals surface area contributed by atoms with Crippen molar-refractivity contribution in [2.24, 2.45) is 0 Å². The monoisotopic (exact) mass is 204 g/mol. The Morgan fingerprint density at radius 3 is 2.46 bits per heavy atom. The lowest BCUT2D eigenvalue weighted by atomic mass is 10.2. The highest BCUT2D eigenvalue weighted by atomic mass is 32.2. The van der Waals surface area contributed by atoms with Crippen LogP contribution in [0.4, 0.5) is 0 Å². The molecule has 0 aliphatic heterocycles. The van der Waals surface area contributed by atoms with Crippen molar-refractivity contribution in [2.45, 2.75) is 18.2 Å². The van der Waals surface area contributed by atoms with Crippen LogP contribution in [-0.2, 0) is 16.5 Å². The van der Waals surface area contributed by atoms with Crippen LogP contribution in [0.25, 0.3) is 0 Å². The molecule has 0 radical (unpaired) electrons. The summed E-state index contributed by atoms with van der Waals surface area (Å²) in [6, 6.07) is 6.26. The van der Waals surface area contributed by atoms with E-state index < -0.39 is 10.1 Å². The Morgan fingerprint density at radius 1 is 1.38 bits per heavy atom. The summed E-state index contributed by atoms with van der Waals surface area (Å²) in [6.45, 7) is 1.92. The Hall–Kier alpha value is -0.910. The summed E-state index contributed by atoms with van der Waals surface area (Å²) in [6.07, 6.45) is 0.753. The van der Waals surface area contributed by atoms with E-state index in [1.807, 2.05) is 13.0 Å².